The second-order valence-corrected chi connectivity index (χ2v) is 11.1. The van der Waals surface area contributed by atoms with E-state index in [0.717, 1.165) is 53.4 Å². The fraction of sp³-hybridized carbons (Fsp3) is 0.448. The predicted octanol–water partition coefficient (Wildman–Crippen LogP) is 7.49. The van der Waals surface area contributed by atoms with Crippen LogP contribution < -0.4 is 0 Å². The van der Waals surface area contributed by atoms with Crippen molar-refractivity contribution in [1.29, 1.82) is 0 Å². The van der Waals surface area contributed by atoms with Crippen molar-refractivity contribution < 1.29 is 14.7 Å². The SMILES string of the molecule is CC(C)c1ccc2c(c1)c(C(=O)C1CCCC1)c(CC(C)(C)C(=O)O)n2Cc1ccc(Cl)cc1. The lowest BCUT2D eigenvalue weighted by atomic mass is 9.84. The first-order valence-corrected chi connectivity index (χ1v) is 12.6. The summed E-state index contributed by atoms with van der Waals surface area (Å²) in [5.41, 5.74) is 3.78. The van der Waals surface area contributed by atoms with Crippen molar-refractivity contribution in [2.75, 3.05) is 0 Å². The molecule has 5 heteroatoms. The number of halogens is 1. The van der Waals surface area contributed by atoms with Crippen LogP contribution in [0.2, 0.25) is 5.02 Å². The van der Waals surface area contributed by atoms with E-state index in [1.807, 2.05) is 24.3 Å². The molecule has 2 aromatic carbocycles. The van der Waals surface area contributed by atoms with Gasteiger partial charge >= 0.3 is 5.97 Å². The van der Waals surface area contributed by atoms with E-state index in [1.54, 1.807) is 13.8 Å². The molecule has 1 fully saturated rings. The Kier molecular flexibility index (Phi) is 6.91. The van der Waals surface area contributed by atoms with Crippen molar-refractivity contribution >= 4 is 34.3 Å². The van der Waals surface area contributed by atoms with Gasteiger partial charge in [0.25, 0.3) is 0 Å². The van der Waals surface area contributed by atoms with Gasteiger partial charge < -0.3 is 9.67 Å². The Hall–Kier alpha value is -2.59. The van der Waals surface area contributed by atoms with Crippen LogP contribution in [0.15, 0.2) is 42.5 Å². The highest BCUT2D eigenvalue weighted by atomic mass is 35.5. The number of carbonyl (C=O) groups excluding carboxylic acids is 1. The molecular formula is C29H34ClNO3. The summed E-state index contributed by atoms with van der Waals surface area (Å²) >= 11 is 6.11. The Morgan fingerprint density at radius 2 is 1.74 bits per heavy atom. The molecule has 1 aromatic heterocycles. The van der Waals surface area contributed by atoms with E-state index in [9.17, 15) is 14.7 Å². The first-order chi connectivity index (χ1) is 16.1. The molecule has 1 aliphatic carbocycles. The molecule has 180 valence electrons. The minimum atomic E-state index is -1.00. The second kappa shape index (κ2) is 9.58. The van der Waals surface area contributed by atoms with Crippen molar-refractivity contribution in [3.8, 4) is 0 Å². The van der Waals surface area contributed by atoms with E-state index < -0.39 is 11.4 Å². The smallest absolute Gasteiger partial charge is 0.309 e. The summed E-state index contributed by atoms with van der Waals surface area (Å²) in [6.07, 6.45) is 4.26. The molecule has 34 heavy (non-hydrogen) atoms. The van der Waals surface area contributed by atoms with Crippen LogP contribution in [0.1, 0.15) is 86.5 Å². The highest BCUT2D eigenvalue weighted by Gasteiger charge is 2.35. The lowest BCUT2D eigenvalue weighted by molar-refractivity contribution is -0.146. The molecule has 0 amide bonds. The topological polar surface area (TPSA) is 59.3 Å². The summed E-state index contributed by atoms with van der Waals surface area (Å²) in [6, 6.07) is 14.1. The number of ketones is 1. The van der Waals surface area contributed by atoms with E-state index >= 15 is 0 Å². The van der Waals surface area contributed by atoms with Crippen LogP contribution in [0, 0.1) is 11.3 Å². The van der Waals surface area contributed by atoms with Crippen molar-refractivity contribution in [3.63, 3.8) is 0 Å². The molecule has 0 aliphatic heterocycles. The number of carbonyl (C=O) groups is 2. The van der Waals surface area contributed by atoms with Gasteiger partial charge in [-0.3, -0.25) is 9.59 Å². The summed E-state index contributed by atoms with van der Waals surface area (Å²) in [5, 5.41) is 11.6. The summed E-state index contributed by atoms with van der Waals surface area (Å²) in [7, 11) is 0. The van der Waals surface area contributed by atoms with E-state index in [2.05, 4.69) is 36.6 Å². The predicted molar refractivity (Wildman–Crippen MR) is 138 cm³/mol. The number of carboxylic acids is 1. The van der Waals surface area contributed by atoms with Gasteiger partial charge in [-0.2, -0.15) is 0 Å². The molecule has 1 aliphatic rings. The molecule has 4 rings (SSSR count). The molecule has 0 unspecified atom stereocenters. The summed E-state index contributed by atoms with van der Waals surface area (Å²) in [6.45, 7) is 8.33. The van der Waals surface area contributed by atoms with Crippen LogP contribution in [0.3, 0.4) is 0 Å². The summed E-state index contributed by atoms with van der Waals surface area (Å²) < 4.78 is 2.16. The lowest BCUT2D eigenvalue weighted by Crippen LogP contribution is -2.29. The summed E-state index contributed by atoms with van der Waals surface area (Å²) in [4.78, 5) is 26.1. The fourth-order valence-electron chi connectivity index (χ4n) is 5.08. The minimum absolute atomic E-state index is 0.0176. The average Bonchev–Trinajstić information content (AvgIpc) is 3.42. The maximum atomic E-state index is 14.0. The minimum Gasteiger partial charge on any atom is -0.481 e. The molecule has 0 spiro atoms. The third kappa shape index (κ3) is 4.79. The Balaban J connectivity index is 1.97. The number of carboxylic acid groups (broad SMARTS) is 1. The van der Waals surface area contributed by atoms with Gasteiger partial charge in [-0.25, -0.2) is 0 Å². The Morgan fingerprint density at radius 1 is 1.09 bits per heavy atom. The van der Waals surface area contributed by atoms with Gasteiger partial charge in [-0.15, -0.1) is 0 Å². The van der Waals surface area contributed by atoms with Crippen LogP contribution in [0.25, 0.3) is 10.9 Å². The van der Waals surface area contributed by atoms with Crippen LogP contribution in [0.4, 0.5) is 0 Å². The average molecular weight is 480 g/mol. The van der Waals surface area contributed by atoms with E-state index in [4.69, 9.17) is 11.6 Å². The van der Waals surface area contributed by atoms with Crippen LogP contribution >= 0.6 is 11.6 Å². The Bertz CT molecular complexity index is 1210. The number of nitrogens with zero attached hydrogens (tertiary/aromatic N) is 1. The first-order valence-electron chi connectivity index (χ1n) is 12.3. The molecule has 1 N–H and O–H groups in total. The summed E-state index contributed by atoms with van der Waals surface area (Å²) in [5.74, 6) is -0.339. The Morgan fingerprint density at radius 3 is 2.32 bits per heavy atom. The molecule has 1 saturated carbocycles. The zero-order chi connectivity index (χ0) is 24.6. The maximum absolute atomic E-state index is 14.0. The fourth-order valence-corrected chi connectivity index (χ4v) is 5.21. The van der Waals surface area contributed by atoms with Crippen molar-refractivity contribution in [3.05, 3.63) is 69.9 Å². The number of Topliss-reactive ketones (excluding diaryl/α,β-unsaturated/α-hetero) is 1. The first kappa shape index (κ1) is 24.5. The molecule has 4 nitrogen and oxygen atoms in total. The number of hydrogen-bond donors (Lipinski definition) is 1. The van der Waals surface area contributed by atoms with E-state index in [1.165, 1.54) is 5.56 Å². The van der Waals surface area contributed by atoms with E-state index in [0.29, 0.717) is 17.5 Å². The highest BCUT2D eigenvalue weighted by Crippen LogP contribution is 2.38. The zero-order valence-electron chi connectivity index (χ0n) is 20.5. The van der Waals surface area contributed by atoms with Gasteiger partial charge in [0.1, 0.15) is 0 Å². The Labute approximate surface area is 206 Å². The molecule has 3 aromatic rings. The highest BCUT2D eigenvalue weighted by molar-refractivity contribution is 6.30. The lowest BCUT2D eigenvalue weighted by Gasteiger charge is -2.22. The number of aromatic nitrogens is 1. The number of benzene rings is 2. The number of fused-ring (bicyclic) bond motifs is 1. The van der Waals surface area contributed by atoms with Gasteiger partial charge in [0, 0.05) is 46.1 Å². The monoisotopic (exact) mass is 479 g/mol. The third-order valence-corrected chi connectivity index (χ3v) is 7.53. The van der Waals surface area contributed by atoms with Gasteiger partial charge in [0.15, 0.2) is 5.78 Å². The van der Waals surface area contributed by atoms with Crippen molar-refractivity contribution in [1.82, 2.24) is 4.57 Å². The van der Waals surface area contributed by atoms with Crippen molar-refractivity contribution in [2.45, 2.75) is 72.3 Å². The molecule has 0 saturated heterocycles. The quantitative estimate of drug-likeness (QED) is 0.340. The number of hydrogen-bond acceptors (Lipinski definition) is 2. The third-order valence-electron chi connectivity index (χ3n) is 7.28. The largest absolute Gasteiger partial charge is 0.481 e. The molecule has 0 radical (unpaired) electrons. The van der Waals surface area contributed by atoms with Gasteiger partial charge in [-0.1, -0.05) is 56.5 Å². The van der Waals surface area contributed by atoms with Gasteiger partial charge in [-0.05, 0) is 68.0 Å². The number of rotatable bonds is 8. The molecule has 0 bridgehead atoms. The van der Waals surface area contributed by atoms with Crippen LogP contribution in [0.5, 0.6) is 0 Å². The number of aliphatic carboxylic acids is 1. The standard InChI is InChI=1S/C29H34ClNO3/c1-18(2)21-11-14-24-23(15-21)26(27(32)20-7-5-6-8-20)25(16-29(3,4)28(33)34)31(24)17-19-9-12-22(30)13-10-19/h9-15,18,20H,5-8,16-17H2,1-4H3,(H,33,34). The maximum Gasteiger partial charge on any atom is 0.309 e. The molecule has 1 heterocycles. The zero-order valence-corrected chi connectivity index (χ0v) is 21.3. The van der Waals surface area contributed by atoms with Crippen LogP contribution in [-0.2, 0) is 17.8 Å². The van der Waals surface area contributed by atoms with Crippen LogP contribution in [-0.4, -0.2) is 21.4 Å². The van der Waals surface area contributed by atoms with E-state index in [-0.39, 0.29) is 18.1 Å². The molecule has 0 atom stereocenters. The normalized spacial score (nSPS) is 14.9. The van der Waals surface area contributed by atoms with Gasteiger partial charge in [0.2, 0.25) is 0 Å². The van der Waals surface area contributed by atoms with Gasteiger partial charge in [0.05, 0.1) is 5.41 Å². The molecular weight excluding hydrogens is 446 g/mol. The second-order valence-electron chi connectivity index (χ2n) is 10.7. The van der Waals surface area contributed by atoms with Crippen molar-refractivity contribution in [2.24, 2.45) is 11.3 Å².